The molecule has 0 spiro atoms. The fourth-order valence-electron chi connectivity index (χ4n) is 5.12. The molecule has 3 heterocycles. The number of nitrogens with one attached hydrogen (secondary N) is 2. The number of carbonyl (C=O) groups excluding carboxylic acids is 1. The Hall–Kier alpha value is -4.52. The average molecular weight is 633 g/mol. The van der Waals surface area contributed by atoms with E-state index in [1.807, 2.05) is 30.5 Å². The summed E-state index contributed by atoms with van der Waals surface area (Å²) in [6.45, 7) is 6.96. The number of alkyl halides is 3. The van der Waals surface area contributed by atoms with E-state index in [9.17, 15) is 18.0 Å². The molecule has 0 unspecified atom stereocenters. The summed E-state index contributed by atoms with van der Waals surface area (Å²) in [6.07, 6.45) is -4.76. The summed E-state index contributed by atoms with van der Waals surface area (Å²) in [5.74, 6) is -0.201. The van der Waals surface area contributed by atoms with Crippen molar-refractivity contribution < 1.29 is 22.7 Å². The number of aromatic nitrogens is 2. The lowest BCUT2D eigenvalue weighted by Crippen LogP contribution is -2.43. The van der Waals surface area contributed by atoms with E-state index in [1.165, 1.54) is 35.6 Å². The van der Waals surface area contributed by atoms with Crippen LogP contribution < -0.4 is 15.4 Å². The second-order valence-corrected chi connectivity index (χ2v) is 11.9. The van der Waals surface area contributed by atoms with Crippen molar-refractivity contribution in [3.63, 3.8) is 0 Å². The summed E-state index contributed by atoms with van der Waals surface area (Å²) in [7, 11) is 2.14. The Balaban J connectivity index is 1.14. The molecule has 3 aromatic carbocycles. The van der Waals surface area contributed by atoms with Gasteiger partial charge in [-0.05, 0) is 91.1 Å². The first-order valence-electron chi connectivity index (χ1n) is 14.4. The van der Waals surface area contributed by atoms with Crippen molar-refractivity contribution in [3.8, 4) is 17.0 Å². The van der Waals surface area contributed by atoms with E-state index < -0.39 is 6.36 Å². The maximum atomic E-state index is 13.2. The summed E-state index contributed by atoms with van der Waals surface area (Å²) >= 11 is 1.44. The van der Waals surface area contributed by atoms with E-state index in [4.69, 9.17) is 0 Å². The number of thiophene rings is 1. The lowest BCUT2D eigenvalue weighted by atomic mass is 10.1. The van der Waals surface area contributed by atoms with Crippen LogP contribution in [0, 0.1) is 6.92 Å². The summed E-state index contributed by atoms with van der Waals surface area (Å²) in [4.78, 5) is 27.2. The maximum absolute atomic E-state index is 13.2. The highest BCUT2D eigenvalue weighted by Crippen LogP contribution is 2.33. The maximum Gasteiger partial charge on any atom is 0.573 e. The van der Waals surface area contributed by atoms with Gasteiger partial charge in [0.2, 0.25) is 5.95 Å². The number of fused-ring (bicyclic) bond motifs is 1. The van der Waals surface area contributed by atoms with Gasteiger partial charge in [0.1, 0.15) is 5.75 Å². The SMILES string of the molecule is Cc1ccc(CN2CCN(C)CC2)cc1NC(=O)c1ccc(Nc2nc(-c3ccc(OC(F)(F)F)cc3)c3sccc3n2)cc1. The number of ether oxygens (including phenoxy) is 1. The number of nitrogens with zero attached hydrogens (tertiary/aromatic N) is 4. The summed E-state index contributed by atoms with van der Waals surface area (Å²) in [6, 6.07) is 20.6. The first-order valence-corrected chi connectivity index (χ1v) is 15.3. The van der Waals surface area contributed by atoms with Gasteiger partial charge in [-0.25, -0.2) is 9.97 Å². The lowest BCUT2D eigenvalue weighted by Gasteiger charge is -2.32. The molecule has 2 aromatic heterocycles. The molecular weight excluding hydrogens is 601 g/mol. The number of likely N-dealkylation sites (N-methyl/N-ethyl adjacent to an activating group) is 1. The predicted octanol–water partition coefficient (Wildman–Crippen LogP) is 7.31. The molecule has 1 amide bonds. The molecule has 232 valence electrons. The van der Waals surface area contributed by atoms with Crippen molar-refractivity contribution in [2.45, 2.75) is 19.8 Å². The molecule has 0 radical (unpaired) electrons. The van der Waals surface area contributed by atoms with Crippen LogP contribution in [0.2, 0.25) is 0 Å². The molecule has 0 aliphatic carbocycles. The van der Waals surface area contributed by atoms with Crippen LogP contribution in [0.25, 0.3) is 21.5 Å². The molecule has 1 saturated heterocycles. The van der Waals surface area contributed by atoms with Gasteiger partial charge in [-0.3, -0.25) is 9.69 Å². The number of piperazine rings is 1. The third-order valence-corrected chi connectivity index (χ3v) is 8.53. The number of hydrogen-bond donors (Lipinski definition) is 2. The summed E-state index contributed by atoms with van der Waals surface area (Å²) in [5.41, 5.74) is 6.01. The van der Waals surface area contributed by atoms with E-state index in [0.717, 1.165) is 54.2 Å². The first-order chi connectivity index (χ1) is 21.6. The summed E-state index contributed by atoms with van der Waals surface area (Å²) in [5, 5.41) is 8.12. The first kappa shape index (κ1) is 30.5. The lowest BCUT2D eigenvalue weighted by molar-refractivity contribution is -0.274. The average Bonchev–Trinajstić information content (AvgIpc) is 3.48. The molecule has 0 saturated carbocycles. The highest BCUT2D eigenvalue weighted by atomic mass is 32.1. The monoisotopic (exact) mass is 632 g/mol. The number of aryl methyl sites for hydroxylation is 1. The molecule has 0 bridgehead atoms. The van der Waals surface area contributed by atoms with E-state index in [0.29, 0.717) is 34.0 Å². The van der Waals surface area contributed by atoms with E-state index in [1.54, 1.807) is 24.3 Å². The molecule has 1 aliphatic rings. The molecule has 2 N–H and O–H groups in total. The Morgan fingerprint density at radius 3 is 2.40 bits per heavy atom. The topological polar surface area (TPSA) is 82.6 Å². The largest absolute Gasteiger partial charge is 0.573 e. The quantitative estimate of drug-likeness (QED) is 0.186. The van der Waals surface area contributed by atoms with E-state index in [2.05, 4.69) is 48.3 Å². The van der Waals surface area contributed by atoms with Crippen LogP contribution in [-0.2, 0) is 6.54 Å². The second kappa shape index (κ2) is 12.8. The van der Waals surface area contributed by atoms with E-state index in [-0.39, 0.29) is 11.7 Å². The van der Waals surface area contributed by atoms with Gasteiger partial charge in [0, 0.05) is 55.2 Å². The van der Waals surface area contributed by atoms with Gasteiger partial charge in [-0.1, -0.05) is 12.1 Å². The number of benzene rings is 3. The Morgan fingerprint density at radius 2 is 1.69 bits per heavy atom. The number of rotatable bonds is 8. The third-order valence-electron chi connectivity index (χ3n) is 7.62. The second-order valence-electron chi connectivity index (χ2n) is 11.0. The smallest absolute Gasteiger partial charge is 0.406 e. The number of halogens is 3. The Kier molecular flexibility index (Phi) is 8.70. The van der Waals surface area contributed by atoms with Gasteiger partial charge in [0.15, 0.2) is 0 Å². The van der Waals surface area contributed by atoms with Gasteiger partial charge < -0.3 is 20.3 Å². The molecular formula is C33H31F3N6O2S. The van der Waals surface area contributed by atoms with Crippen LogP contribution >= 0.6 is 11.3 Å². The zero-order valence-electron chi connectivity index (χ0n) is 24.7. The van der Waals surface area contributed by atoms with Gasteiger partial charge in [-0.15, -0.1) is 24.5 Å². The third kappa shape index (κ3) is 7.59. The minimum atomic E-state index is -4.76. The van der Waals surface area contributed by atoms with Gasteiger partial charge >= 0.3 is 6.36 Å². The molecule has 12 heteroatoms. The molecule has 8 nitrogen and oxygen atoms in total. The summed E-state index contributed by atoms with van der Waals surface area (Å²) < 4.78 is 42.6. The number of amides is 1. The minimum absolute atomic E-state index is 0.211. The number of carbonyl (C=O) groups is 1. The number of hydrogen-bond acceptors (Lipinski definition) is 8. The van der Waals surface area contributed by atoms with Crippen molar-refractivity contribution >= 4 is 44.8 Å². The van der Waals surface area contributed by atoms with Crippen LogP contribution in [0.15, 0.2) is 78.2 Å². The number of anilines is 3. The van der Waals surface area contributed by atoms with Crippen molar-refractivity contribution in [2.24, 2.45) is 0 Å². The van der Waals surface area contributed by atoms with Crippen LogP contribution in [0.1, 0.15) is 21.5 Å². The fourth-order valence-corrected chi connectivity index (χ4v) is 5.97. The Bertz CT molecular complexity index is 1800. The molecule has 1 fully saturated rings. The van der Waals surface area contributed by atoms with Gasteiger partial charge in [0.05, 0.1) is 15.9 Å². The van der Waals surface area contributed by atoms with Crippen molar-refractivity contribution in [2.75, 3.05) is 43.9 Å². The fraction of sp³-hybridized carbons (Fsp3) is 0.242. The van der Waals surface area contributed by atoms with Gasteiger partial charge in [0.25, 0.3) is 5.91 Å². The molecule has 1 aliphatic heterocycles. The van der Waals surface area contributed by atoms with Crippen molar-refractivity contribution in [1.29, 1.82) is 0 Å². The van der Waals surface area contributed by atoms with Crippen LogP contribution in [-0.4, -0.2) is 65.3 Å². The predicted molar refractivity (Wildman–Crippen MR) is 171 cm³/mol. The highest BCUT2D eigenvalue weighted by Gasteiger charge is 2.31. The van der Waals surface area contributed by atoms with Crippen molar-refractivity contribution in [1.82, 2.24) is 19.8 Å². The molecule has 6 rings (SSSR count). The standard InChI is InChI=1S/C33H31F3N6O2S/c1-21-3-4-22(20-42-16-14-41(2)15-17-42)19-28(21)38-31(43)24-5-9-25(10-6-24)37-32-39-27-13-18-45-30(27)29(40-32)23-7-11-26(12-8-23)44-33(34,35)36/h3-13,18-19H,14-17,20H2,1-2H3,(H,38,43)(H,37,39,40). The zero-order valence-corrected chi connectivity index (χ0v) is 25.5. The van der Waals surface area contributed by atoms with Crippen LogP contribution in [0.3, 0.4) is 0 Å². The van der Waals surface area contributed by atoms with Crippen LogP contribution in [0.5, 0.6) is 5.75 Å². The zero-order chi connectivity index (χ0) is 31.6. The van der Waals surface area contributed by atoms with Crippen molar-refractivity contribution in [3.05, 3.63) is 94.9 Å². The Labute approximate surface area is 262 Å². The van der Waals surface area contributed by atoms with Crippen LogP contribution in [0.4, 0.5) is 30.5 Å². The van der Waals surface area contributed by atoms with Gasteiger partial charge in [-0.2, -0.15) is 0 Å². The normalized spacial score (nSPS) is 14.4. The highest BCUT2D eigenvalue weighted by molar-refractivity contribution is 7.17. The minimum Gasteiger partial charge on any atom is -0.406 e. The molecule has 5 aromatic rings. The Morgan fingerprint density at radius 1 is 0.956 bits per heavy atom. The molecule has 0 atom stereocenters. The van der Waals surface area contributed by atoms with E-state index >= 15 is 0 Å². The molecule has 45 heavy (non-hydrogen) atoms.